The normalized spacial score (nSPS) is 44.3. The number of hydrogen-bond acceptors (Lipinski definition) is 9. The Morgan fingerprint density at radius 3 is 2.67 bits per heavy atom. The van der Waals surface area contributed by atoms with E-state index in [0.29, 0.717) is 5.94 Å². The van der Waals surface area contributed by atoms with Crippen molar-refractivity contribution in [2.24, 2.45) is 35.5 Å². The van der Waals surface area contributed by atoms with E-state index in [0.717, 1.165) is 5.57 Å². The Bertz CT molecular complexity index is 952. The van der Waals surface area contributed by atoms with Crippen LogP contribution in [-0.4, -0.2) is 72.5 Å². The van der Waals surface area contributed by atoms with Crippen molar-refractivity contribution in [1.82, 2.24) is 0 Å². The van der Waals surface area contributed by atoms with Crippen molar-refractivity contribution in [3.8, 4) is 0 Å². The maximum Gasteiger partial charge on any atom is 0.335 e. The maximum absolute atomic E-state index is 13.8. The van der Waals surface area contributed by atoms with Crippen molar-refractivity contribution < 1.29 is 33.5 Å². The second-order valence-corrected chi connectivity index (χ2v) is 11.5. The summed E-state index contributed by atoms with van der Waals surface area (Å²) in [5.41, 5.74) is -0.101. The van der Waals surface area contributed by atoms with E-state index in [2.05, 4.69) is 0 Å². The Morgan fingerprint density at radius 1 is 1.31 bits per heavy atom. The Labute approximate surface area is 216 Å². The first-order valence-electron chi connectivity index (χ1n) is 12.6. The molecule has 4 bridgehead atoms. The number of carbonyl (C=O) groups excluding carboxylic acids is 2. The molecular formula is C26H37NO8S. The number of thioether (sulfide) groups is 1. The first-order chi connectivity index (χ1) is 17.1. The van der Waals surface area contributed by atoms with Crippen molar-refractivity contribution in [2.75, 3.05) is 25.8 Å². The minimum absolute atomic E-state index is 0.00261. The summed E-state index contributed by atoms with van der Waals surface area (Å²) in [5.74, 6) is -2.24. The number of nitrogens with zero attached hydrogens (tertiary/aromatic N) is 1. The van der Waals surface area contributed by atoms with Gasteiger partial charge in [-0.05, 0) is 32.1 Å². The van der Waals surface area contributed by atoms with Gasteiger partial charge < -0.3 is 18.9 Å². The van der Waals surface area contributed by atoms with Crippen LogP contribution in [0.3, 0.4) is 0 Å². The molecule has 0 aromatic rings. The molecule has 2 aliphatic heterocycles. The lowest BCUT2D eigenvalue weighted by Gasteiger charge is -2.46. The Morgan fingerprint density at radius 2 is 2.03 bits per heavy atom. The number of rotatable bonds is 7. The fraction of sp³-hybridized carbons (Fsp3) is 0.769. The van der Waals surface area contributed by atoms with E-state index < -0.39 is 47.6 Å². The molecule has 0 aromatic heterocycles. The molecule has 200 valence electrons. The molecule has 36 heavy (non-hydrogen) atoms. The van der Waals surface area contributed by atoms with Gasteiger partial charge in [-0.15, -0.1) is 11.8 Å². The molecule has 10 heteroatoms. The highest BCUT2D eigenvalue weighted by molar-refractivity contribution is 7.98. The summed E-state index contributed by atoms with van der Waals surface area (Å²) in [6, 6.07) is 0. The zero-order valence-corrected chi connectivity index (χ0v) is 22.6. The van der Waals surface area contributed by atoms with Gasteiger partial charge >= 0.3 is 5.97 Å². The third-order valence-electron chi connectivity index (χ3n) is 8.68. The summed E-state index contributed by atoms with van der Waals surface area (Å²) >= 11 is 1.54. The number of nitro groups is 1. The quantitative estimate of drug-likeness (QED) is 0.163. The van der Waals surface area contributed by atoms with Gasteiger partial charge in [0.05, 0.1) is 30.0 Å². The molecule has 9 nitrogen and oxygen atoms in total. The SMILES string of the molecule is CO[C@H]1C[C@H]2C=C[C@@H]3[C@H]4C(=O)C(C)C(C[N+](=O)[O-])[C@@H]3O[C@@]24/C(C)=C/[C@@H](C)[C@@H]([C@@H](C)OCSC)OC1=O. The number of carbonyl (C=O) groups is 2. The van der Waals surface area contributed by atoms with Crippen LogP contribution in [0.2, 0.25) is 0 Å². The number of ketones is 1. The van der Waals surface area contributed by atoms with Gasteiger partial charge in [0.1, 0.15) is 17.5 Å². The van der Waals surface area contributed by atoms with Crippen molar-refractivity contribution in [2.45, 2.75) is 64.1 Å². The summed E-state index contributed by atoms with van der Waals surface area (Å²) < 4.78 is 24.3. The number of hydrogen-bond donors (Lipinski definition) is 0. The zero-order valence-electron chi connectivity index (χ0n) is 21.7. The molecule has 11 atom stereocenters. The van der Waals surface area contributed by atoms with Crippen molar-refractivity contribution >= 4 is 23.5 Å². The minimum atomic E-state index is -0.989. The molecule has 2 unspecified atom stereocenters. The van der Waals surface area contributed by atoms with E-state index in [9.17, 15) is 19.7 Å². The zero-order chi connectivity index (χ0) is 26.4. The first-order valence-corrected chi connectivity index (χ1v) is 14.0. The van der Waals surface area contributed by atoms with E-state index in [-0.39, 0.29) is 47.5 Å². The molecule has 1 saturated heterocycles. The van der Waals surface area contributed by atoms with E-state index in [4.69, 9.17) is 18.9 Å². The summed E-state index contributed by atoms with van der Waals surface area (Å²) in [6.07, 6.45) is 6.02. The number of esters is 1. The average Bonchev–Trinajstić information content (AvgIpc) is 3.03. The molecule has 2 fully saturated rings. The van der Waals surface area contributed by atoms with Crippen LogP contribution in [0.1, 0.15) is 34.1 Å². The van der Waals surface area contributed by atoms with Crippen LogP contribution in [-0.2, 0) is 28.5 Å². The smallest absolute Gasteiger partial charge is 0.335 e. The monoisotopic (exact) mass is 523 g/mol. The third kappa shape index (κ3) is 4.44. The van der Waals surface area contributed by atoms with Crippen LogP contribution >= 0.6 is 11.8 Å². The van der Waals surface area contributed by atoms with Gasteiger partial charge in [0.25, 0.3) is 0 Å². The molecule has 2 heterocycles. The molecule has 1 spiro atoms. The number of cyclic esters (lactones) is 1. The predicted octanol–water partition coefficient (Wildman–Crippen LogP) is 3.29. The van der Waals surface area contributed by atoms with Crippen molar-refractivity contribution in [3.63, 3.8) is 0 Å². The number of methoxy groups -OCH3 is 1. The number of ether oxygens (including phenoxy) is 4. The predicted molar refractivity (Wildman–Crippen MR) is 134 cm³/mol. The summed E-state index contributed by atoms with van der Waals surface area (Å²) in [4.78, 5) is 38.2. The lowest BCUT2D eigenvalue weighted by Crippen LogP contribution is -2.54. The summed E-state index contributed by atoms with van der Waals surface area (Å²) in [5, 5.41) is 11.5. The average molecular weight is 524 g/mol. The van der Waals surface area contributed by atoms with Crippen LogP contribution < -0.4 is 0 Å². The Kier molecular flexibility index (Phi) is 8.00. The van der Waals surface area contributed by atoms with Crippen LogP contribution in [0.4, 0.5) is 0 Å². The number of Topliss-reactive ketones (excluding diaryl/α,β-unsaturated/α-hetero) is 1. The lowest BCUT2D eigenvalue weighted by atomic mass is 9.56. The molecule has 0 N–H and O–H groups in total. The molecular weight excluding hydrogens is 486 g/mol. The lowest BCUT2D eigenvalue weighted by molar-refractivity contribution is -0.492. The minimum Gasteiger partial charge on any atom is -0.457 e. The van der Waals surface area contributed by atoms with Crippen LogP contribution in [0, 0.1) is 45.6 Å². The van der Waals surface area contributed by atoms with E-state index >= 15 is 0 Å². The highest BCUT2D eigenvalue weighted by Gasteiger charge is 2.69. The van der Waals surface area contributed by atoms with E-state index in [1.165, 1.54) is 7.11 Å². The molecule has 1 saturated carbocycles. The van der Waals surface area contributed by atoms with Crippen molar-refractivity contribution in [3.05, 3.63) is 33.9 Å². The molecule has 2 aliphatic carbocycles. The highest BCUT2D eigenvalue weighted by Crippen LogP contribution is 2.60. The largest absolute Gasteiger partial charge is 0.457 e. The van der Waals surface area contributed by atoms with Gasteiger partial charge in [0.15, 0.2) is 6.10 Å². The van der Waals surface area contributed by atoms with Crippen LogP contribution in [0.15, 0.2) is 23.8 Å². The molecule has 0 amide bonds. The van der Waals surface area contributed by atoms with Crippen molar-refractivity contribution in [1.29, 1.82) is 0 Å². The van der Waals surface area contributed by atoms with Crippen LogP contribution in [0.25, 0.3) is 0 Å². The van der Waals surface area contributed by atoms with Gasteiger partial charge in [-0.1, -0.05) is 32.1 Å². The molecule has 4 aliphatic rings. The maximum atomic E-state index is 13.8. The Hall–Kier alpha value is -1.75. The van der Waals surface area contributed by atoms with E-state index in [1.54, 1.807) is 18.7 Å². The molecule has 4 rings (SSSR count). The van der Waals surface area contributed by atoms with Gasteiger partial charge in [-0.25, -0.2) is 4.79 Å². The van der Waals surface area contributed by atoms with Gasteiger partial charge in [0, 0.05) is 35.7 Å². The second kappa shape index (κ2) is 10.6. The fourth-order valence-corrected chi connectivity index (χ4v) is 7.27. The summed E-state index contributed by atoms with van der Waals surface area (Å²) in [7, 11) is 1.47. The summed E-state index contributed by atoms with van der Waals surface area (Å²) in [6.45, 7) is 7.29. The Balaban J connectivity index is 1.81. The van der Waals surface area contributed by atoms with Gasteiger partial charge in [-0.3, -0.25) is 14.9 Å². The topological polar surface area (TPSA) is 114 Å². The van der Waals surface area contributed by atoms with E-state index in [1.807, 2.05) is 45.3 Å². The van der Waals surface area contributed by atoms with Gasteiger partial charge in [-0.2, -0.15) is 0 Å². The fourth-order valence-electron chi connectivity index (χ4n) is 6.92. The molecule has 0 radical (unpaired) electrons. The first kappa shape index (κ1) is 27.3. The van der Waals surface area contributed by atoms with Gasteiger partial charge in [0.2, 0.25) is 6.54 Å². The standard InChI is InChI=1S/C26H37NO8S/c1-13-9-14(2)26-17(10-20(32-5)25(29)34-23(13)16(4)33-12-36-6)7-8-18-21(26)22(28)15(3)19(11-27(30)31)24(18)35-26/h7-9,13,15-21,23-24H,10-12H2,1-6H3/b14-9+/t13-,15?,16-,17-,18-,19?,20+,21+,23+,24-,26+/m1/s1. The van der Waals surface area contributed by atoms with Crippen LogP contribution in [0.5, 0.6) is 0 Å². The second-order valence-electron chi connectivity index (χ2n) is 10.6. The molecule has 0 aromatic carbocycles. The highest BCUT2D eigenvalue weighted by atomic mass is 32.2. The third-order valence-corrected chi connectivity index (χ3v) is 9.05.